The molecule has 8 nitrogen and oxygen atoms in total. The van der Waals surface area contributed by atoms with Crippen LogP contribution in [0.25, 0.3) is 0 Å². The maximum absolute atomic E-state index is 12.7. The Bertz CT molecular complexity index is 777. The molecule has 0 radical (unpaired) electrons. The third kappa shape index (κ3) is 3.73. The molecule has 0 bridgehead atoms. The summed E-state index contributed by atoms with van der Waals surface area (Å²) in [5, 5.41) is 0. The summed E-state index contributed by atoms with van der Waals surface area (Å²) in [6.45, 7) is 2.52. The van der Waals surface area contributed by atoms with Crippen molar-refractivity contribution in [1.82, 2.24) is 9.03 Å². The highest BCUT2D eigenvalue weighted by Gasteiger charge is 2.31. The van der Waals surface area contributed by atoms with Crippen molar-refractivity contribution in [2.24, 2.45) is 5.73 Å². The van der Waals surface area contributed by atoms with Crippen molar-refractivity contribution in [3.8, 4) is 0 Å². The van der Waals surface area contributed by atoms with Crippen LogP contribution in [0.4, 0.5) is 0 Å². The number of ether oxygens (including phenoxy) is 1. The predicted molar refractivity (Wildman–Crippen MR) is 85.0 cm³/mol. The van der Waals surface area contributed by atoms with Crippen molar-refractivity contribution in [1.29, 1.82) is 0 Å². The van der Waals surface area contributed by atoms with E-state index in [1.54, 1.807) is 6.92 Å². The maximum atomic E-state index is 12.7. The Morgan fingerprint density at radius 3 is 2.61 bits per heavy atom. The number of benzene rings is 1. The quantitative estimate of drug-likeness (QED) is 0.711. The van der Waals surface area contributed by atoms with Gasteiger partial charge in [-0.1, -0.05) is 0 Å². The largest absolute Gasteiger partial charge is 0.374 e. The molecule has 1 aromatic carbocycles. The summed E-state index contributed by atoms with van der Waals surface area (Å²) in [6, 6.07) is 3.97. The lowest BCUT2D eigenvalue weighted by Crippen LogP contribution is -2.48. The average molecular weight is 363 g/mol. The Kier molecular flexibility index (Phi) is 5.44. The van der Waals surface area contributed by atoms with Gasteiger partial charge < -0.3 is 10.5 Å². The van der Waals surface area contributed by atoms with Crippen LogP contribution in [0, 0.1) is 6.92 Å². The van der Waals surface area contributed by atoms with Crippen LogP contribution in [0.5, 0.6) is 0 Å². The maximum Gasteiger partial charge on any atom is 0.243 e. The molecule has 0 spiro atoms. The number of aryl methyl sites for hydroxylation is 1. The van der Waals surface area contributed by atoms with Gasteiger partial charge in [0.25, 0.3) is 0 Å². The van der Waals surface area contributed by atoms with Crippen molar-refractivity contribution >= 4 is 20.0 Å². The Morgan fingerprint density at radius 2 is 2.04 bits per heavy atom. The zero-order valence-electron chi connectivity index (χ0n) is 13.0. The Labute approximate surface area is 136 Å². The SMILES string of the molecule is CNS(=O)(=O)c1ccc(S(=O)(=O)N2CCOC(CN)C2)cc1C. The number of nitrogens with one attached hydrogen (secondary N) is 1. The minimum Gasteiger partial charge on any atom is -0.374 e. The molecule has 0 saturated carbocycles. The lowest BCUT2D eigenvalue weighted by molar-refractivity contribution is 0.00450. The standard InChI is InChI=1S/C13H21N3O5S2/c1-10-7-12(3-4-13(10)22(17,18)15-2)23(19,20)16-5-6-21-11(8-14)9-16/h3-4,7,11,15H,5-6,8-9,14H2,1-2H3. The van der Waals surface area contributed by atoms with E-state index in [9.17, 15) is 16.8 Å². The Hall–Kier alpha value is -1.04. The van der Waals surface area contributed by atoms with Crippen LogP contribution in [0.15, 0.2) is 28.0 Å². The Morgan fingerprint density at radius 1 is 1.35 bits per heavy atom. The van der Waals surface area contributed by atoms with E-state index in [1.165, 1.54) is 29.6 Å². The predicted octanol–water partition coefficient (Wildman–Crippen LogP) is -0.749. The number of morpholine rings is 1. The minimum atomic E-state index is -3.71. The van der Waals surface area contributed by atoms with Crippen molar-refractivity contribution in [3.63, 3.8) is 0 Å². The monoisotopic (exact) mass is 363 g/mol. The molecule has 130 valence electrons. The van der Waals surface area contributed by atoms with Gasteiger partial charge in [-0.2, -0.15) is 4.31 Å². The number of hydrogen-bond acceptors (Lipinski definition) is 6. The van der Waals surface area contributed by atoms with Crippen molar-refractivity contribution in [3.05, 3.63) is 23.8 Å². The molecule has 1 aliphatic rings. The molecule has 1 heterocycles. The van der Waals surface area contributed by atoms with E-state index in [0.717, 1.165) is 0 Å². The van der Waals surface area contributed by atoms with Gasteiger partial charge in [-0.3, -0.25) is 0 Å². The summed E-state index contributed by atoms with van der Waals surface area (Å²) in [5.74, 6) is 0. The highest BCUT2D eigenvalue weighted by molar-refractivity contribution is 7.89. The lowest BCUT2D eigenvalue weighted by Gasteiger charge is -2.31. The average Bonchev–Trinajstić information content (AvgIpc) is 2.54. The fourth-order valence-corrected chi connectivity index (χ4v) is 4.89. The molecule has 0 amide bonds. The minimum absolute atomic E-state index is 0.0563. The molecule has 0 aromatic heterocycles. The van der Waals surface area contributed by atoms with Gasteiger partial charge in [0.1, 0.15) is 0 Å². The van der Waals surface area contributed by atoms with E-state index >= 15 is 0 Å². The van der Waals surface area contributed by atoms with Crippen LogP contribution < -0.4 is 10.5 Å². The van der Waals surface area contributed by atoms with Crippen molar-refractivity contribution in [2.45, 2.75) is 22.8 Å². The molecule has 1 aliphatic heterocycles. The van der Waals surface area contributed by atoms with Crippen LogP contribution in [0.1, 0.15) is 5.56 Å². The molecule has 2 rings (SSSR count). The molecule has 1 fully saturated rings. The number of nitrogens with two attached hydrogens (primary N) is 1. The van der Waals surface area contributed by atoms with Crippen LogP contribution in [-0.4, -0.2) is 60.5 Å². The van der Waals surface area contributed by atoms with E-state index in [1.807, 2.05) is 0 Å². The van der Waals surface area contributed by atoms with Gasteiger partial charge in [-0.05, 0) is 37.7 Å². The number of sulfonamides is 2. The van der Waals surface area contributed by atoms with E-state index in [-0.39, 0.29) is 42.1 Å². The molecular formula is C13H21N3O5S2. The van der Waals surface area contributed by atoms with Gasteiger partial charge in [-0.25, -0.2) is 21.6 Å². The summed E-state index contributed by atoms with van der Waals surface area (Å²) < 4.78 is 58.0. The zero-order valence-corrected chi connectivity index (χ0v) is 14.7. The summed E-state index contributed by atoms with van der Waals surface area (Å²) in [5.41, 5.74) is 5.90. The molecule has 1 saturated heterocycles. The second-order valence-corrected chi connectivity index (χ2v) is 9.02. The topological polar surface area (TPSA) is 119 Å². The third-order valence-corrected chi connectivity index (χ3v) is 7.14. The first-order valence-electron chi connectivity index (χ1n) is 7.08. The van der Waals surface area contributed by atoms with Crippen molar-refractivity contribution < 1.29 is 21.6 Å². The highest BCUT2D eigenvalue weighted by atomic mass is 32.2. The Balaban J connectivity index is 2.36. The van der Waals surface area contributed by atoms with Gasteiger partial charge in [0.2, 0.25) is 20.0 Å². The van der Waals surface area contributed by atoms with Crippen LogP contribution in [0.3, 0.4) is 0 Å². The van der Waals surface area contributed by atoms with Crippen molar-refractivity contribution in [2.75, 3.05) is 33.3 Å². The summed E-state index contributed by atoms with van der Waals surface area (Å²) in [4.78, 5) is 0.114. The summed E-state index contributed by atoms with van der Waals surface area (Å²) in [6.07, 6.45) is -0.330. The van der Waals surface area contributed by atoms with Gasteiger partial charge >= 0.3 is 0 Å². The fourth-order valence-electron chi connectivity index (χ4n) is 2.40. The van der Waals surface area contributed by atoms with E-state index in [0.29, 0.717) is 5.56 Å². The third-order valence-electron chi connectivity index (χ3n) is 3.71. The molecule has 1 atom stereocenters. The zero-order chi connectivity index (χ0) is 17.3. The van der Waals surface area contributed by atoms with Gasteiger partial charge in [0.15, 0.2) is 0 Å². The van der Waals surface area contributed by atoms with E-state index < -0.39 is 20.0 Å². The molecule has 0 aliphatic carbocycles. The number of nitrogens with zero attached hydrogens (tertiary/aromatic N) is 1. The highest BCUT2D eigenvalue weighted by Crippen LogP contribution is 2.23. The summed E-state index contributed by atoms with van der Waals surface area (Å²) >= 11 is 0. The lowest BCUT2D eigenvalue weighted by atomic mass is 10.2. The second kappa shape index (κ2) is 6.83. The van der Waals surface area contributed by atoms with E-state index in [4.69, 9.17) is 10.5 Å². The molecule has 10 heteroatoms. The second-order valence-electron chi connectivity index (χ2n) is 5.23. The van der Waals surface area contributed by atoms with Crippen LogP contribution >= 0.6 is 0 Å². The number of hydrogen-bond donors (Lipinski definition) is 2. The van der Waals surface area contributed by atoms with Gasteiger partial charge in [0, 0.05) is 19.6 Å². The number of rotatable bonds is 5. The fraction of sp³-hybridized carbons (Fsp3) is 0.538. The molecule has 1 unspecified atom stereocenters. The first-order chi connectivity index (χ1) is 10.7. The first kappa shape index (κ1) is 18.3. The van der Waals surface area contributed by atoms with Gasteiger partial charge in [-0.15, -0.1) is 0 Å². The van der Waals surface area contributed by atoms with E-state index in [2.05, 4.69) is 4.72 Å². The molecule has 1 aromatic rings. The first-order valence-corrected chi connectivity index (χ1v) is 10.0. The van der Waals surface area contributed by atoms with Crippen LogP contribution in [-0.2, 0) is 24.8 Å². The normalized spacial score (nSPS) is 20.6. The smallest absolute Gasteiger partial charge is 0.243 e. The summed E-state index contributed by atoms with van der Waals surface area (Å²) in [7, 11) is -6.03. The molecule has 23 heavy (non-hydrogen) atoms. The van der Waals surface area contributed by atoms with Gasteiger partial charge in [0.05, 0.1) is 22.5 Å². The van der Waals surface area contributed by atoms with Crippen LogP contribution in [0.2, 0.25) is 0 Å². The molecule has 3 N–H and O–H groups in total. The molecular weight excluding hydrogens is 342 g/mol.